The number of hydrogen-bond donors (Lipinski definition) is 4. The monoisotopic (exact) mass is 1400 g/mol. The molecular formula is C75H144N4O15P2. The fourth-order valence-corrected chi connectivity index (χ4v) is 13.3. The van der Waals surface area contributed by atoms with E-state index in [1.807, 2.05) is 0 Å². The van der Waals surface area contributed by atoms with Crippen LogP contribution in [0.3, 0.4) is 0 Å². The second-order valence-corrected chi connectivity index (χ2v) is 29.4. The Morgan fingerprint density at radius 1 is 0.333 bits per heavy atom. The standard InChI is InChI=1S/C75H144N4O15P2/c1-7-12-17-22-25-28-31-36-41-46-70(81)58-67(45-40-35-21-16-11-5)50-54-90-62-69(79-74(85)60-72(83)48-43-38-33-30-27-24-19-14-9-3)64-94-96(88)92-56-52-77-75(86)76-51-55-91-95(87)93-63-68(61-89-53-49-66(57-65(6)80)44-39-34-20-15-10-4)78-73(84)59-71(82)47-42-37-32-29-26-23-18-13-8-2/h66-69,95-96H,7-64H2,1-6H3,(H,78,84)(H,79,85)(H2,76,77,86). The van der Waals surface area contributed by atoms with Gasteiger partial charge in [0.05, 0.1) is 64.6 Å². The van der Waals surface area contributed by atoms with Crippen LogP contribution in [-0.2, 0) is 65.5 Å². The van der Waals surface area contributed by atoms with Crippen molar-refractivity contribution in [3.8, 4) is 0 Å². The van der Waals surface area contributed by atoms with Crippen molar-refractivity contribution < 1.29 is 70.3 Å². The summed E-state index contributed by atoms with van der Waals surface area (Å²) in [6.07, 6.45) is 47.4. The second-order valence-electron chi connectivity index (χ2n) is 27.2. The first-order valence-electron chi connectivity index (χ1n) is 39.0. The Hall–Kier alpha value is -2.89. The summed E-state index contributed by atoms with van der Waals surface area (Å²) in [6.45, 7) is 12.6. The first kappa shape index (κ1) is 93.1. The van der Waals surface area contributed by atoms with Crippen molar-refractivity contribution >= 4 is 57.5 Å². The van der Waals surface area contributed by atoms with E-state index in [4.69, 9.17) is 27.6 Å². The average molecular weight is 1400 g/mol. The number of ether oxygens (including phenoxy) is 2. The number of amides is 4. The van der Waals surface area contributed by atoms with Crippen LogP contribution in [0.4, 0.5) is 4.79 Å². The van der Waals surface area contributed by atoms with Gasteiger partial charge in [-0.25, -0.2) is 4.79 Å². The van der Waals surface area contributed by atoms with Crippen molar-refractivity contribution in [1.82, 2.24) is 21.3 Å². The number of ketones is 4. The molecule has 4 amide bonds. The summed E-state index contributed by atoms with van der Waals surface area (Å²) in [7, 11) is -6.18. The average Bonchev–Trinajstić information content (AvgIpc) is 2.33. The van der Waals surface area contributed by atoms with E-state index in [9.17, 15) is 42.7 Å². The van der Waals surface area contributed by atoms with E-state index in [1.165, 1.54) is 135 Å². The quantitative estimate of drug-likeness (QED) is 0.0251. The minimum absolute atomic E-state index is 0.0322. The molecular weight excluding hydrogens is 1260 g/mol. The summed E-state index contributed by atoms with van der Waals surface area (Å²) in [5.74, 6) is -0.416. The van der Waals surface area contributed by atoms with Crippen molar-refractivity contribution in [2.75, 3.05) is 65.9 Å². The zero-order valence-electron chi connectivity index (χ0n) is 61.9. The number of Topliss-reactive ketones (excluding diaryl/α,β-unsaturated/α-hetero) is 4. The van der Waals surface area contributed by atoms with Gasteiger partial charge in [0.1, 0.15) is 23.1 Å². The lowest BCUT2D eigenvalue weighted by atomic mass is 9.91. The van der Waals surface area contributed by atoms with Gasteiger partial charge in [-0.15, -0.1) is 0 Å². The van der Waals surface area contributed by atoms with Crippen molar-refractivity contribution in [2.45, 2.75) is 362 Å². The molecule has 0 aliphatic rings. The summed E-state index contributed by atoms with van der Waals surface area (Å²) in [5.41, 5.74) is 0. The normalized spacial score (nSPS) is 13.4. The van der Waals surface area contributed by atoms with E-state index in [0.29, 0.717) is 63.9 Å². The summed E-state index contributed by atoms with van der Waals surface area (Å²) in [5, 5.41) is 10.9. The largest absolute Gasteiger partial charge is 0.379 e. The summed E-state index contributed by atoms with van der Waals surface area (Å²) >= 11 is 0. The van der Waals surface area contributed by atoms with Crippen LogP contribution < -0.4 is 21.3 Å². The van der Waals surface area contributed by atoms with Crippen molar-refractivity contribution in [3.05, 3.63) is 0 Å². The Morgan fingerprint density at radius 3 is 0.969 bits per heavy atom. The van der Waals surface area contributed by atoms with E-state index in [1.54, 1.807) is 6.92 Å². The van der Waals surface area contributed by atoms with Crippen molar-refractivity contribution in [3.63, 3.8) is 0 Å². The van der Waals surface area contributed by atoms with Crippen molar-refractivity contribution in [2.24, 2.45) is 11.8 Å². The number of carbonyl (C=O) groups is 7. The maximum atomic E-state index is 13.2. The molecule has 4 N–H and O–H groups in total. The molecule has 0 fully saturated rings. The zero-order valence-corrected chi connectivity index (χ0v) is 63.9. The van der Waals surface area contributed by atoms with E-state index >= 15 is 0 Å². The number of hydrogen-bond acceptors (Lipinski definition) is 15. The number of carbonyl (C=O) groups excluding carboxylic acids is 7. The molecule has 21 heteroatoms. The molecule has 0 radical (unpaired) electrons. The fraction of sp³-hybridized carbons (Fsp3) is 0.907. The molecule has 19 nitrogen and oxygen atoms in total. The second kappa shape index (κ2) is 70.5. The smallest absolute Gasteiger partial charge is 0.319 e. The molecule has 0 bridgehead atoms. The summed E-state index contributed by atoms with van der Waals surface area (Å²) < 4.78 is 59.8. The molecule has 0 rings (SSSR count). The van der Waals surface area contributed by atoms with Crippen LogP contribution in [0.25, 0.3) is 0 Å². The molecule has 0 aliphatic carbocycles. The minimum atomic E-state index is -3.10. The lowest BCUT2D eigenvalue weighted by Crippen LogP contribution is -2.42. The Kier molecular flexibility index (Phi) is 68.4. The zero-order chi connectivity index (χ0) is 70.6. The molecule has 0 aromatic heterocycles. The summed E-state index contributed by atoms with van der Waals surface area (Å²) in [4.78, 5) is 89.8. The molecule has 564 valence electrons. The SMILES string of the molecule is CCCCCCCCCCCC(=O)CC(=O)NC(COCCC(CCCCCCC)CC(C)=O)CO[PH](=O)OCCNC(=O)NCCO[PH](=O)OCC(COCCC(CCCCCCC)CC(=O)CCCCCCCCCCC)NC(=O)CC(=O)CCCCCCCCCCC. The topological polar surface area (TPSA) is 257 Å². The van der Waals surface area contributed by atoms with E-state index in [0.717, 1.165) is 116 Å². The van der Waals surface area contributed by atoms with Gasteiger partial charge in [-0.1, -0.05) is 253 Å². The number of nitrogens with one attached hydrogen (secondary N) is 4. The number of unbranched alkanes of at least 4 members (excludes halogenated alkanes) is 32. The van der Waals surface area contributed by atoms with E-state index in [-0.39, 0.29) is 94.8 Å². The molecule has 96 heavy (non-hydrogen) atoms. The minimum Gasteiger partial charge on any atom is -0.379 e. The van der Waals surface area contributed by atoms with Crippen LogP contribution in [0.1, 0.15) is 350 Å². The molecule has 0 saturated heterocycles. The number of rotatable bonds is 76. The fourth-order valence-electron chi connectivity index (χ4n) is 11.9. The highest BCUT2D eigenvalue weighted by molar-refractivity contribution is 7.33. The van der Waals surface area contributed by atoms with Crippen LogP contribution >= 0.6 is 16.5 Å². The Labute approximate surface area is 586 Å². The lowest BCUT2D eigenvalue weighted by molar-refractivity contribution is -0.130. The van der Waals surface area contributed by atoms with Gasteiger partial charge in [-0.2, -0.15) is 0 Å². The Bertz CT molecular complexity index is 1950. The highest BCUT2D eigenvalue weighted by atomic mass is 31.1. The number of urea groups is 1. The third-order valence-corrected chi connectivity index (χ3v) is 19.3. The van der Waals surface area contributed by atoms with Gasteiger partial charge in [0.25, 0.3) is 0 Å². The van der Waals surface area contributed by atoms with Gasteiger partial charge in [-0.05, 0) is 63.7 Å². The van der Waals surface area contributed by atoms with Gasteiger partial charge >= 0.3 is 22.5 Å². The molecule has 6 atom stereocenters. The van der Waals surface area contributed by atoms with Crippen LogP contribution in [-0.4, -0.2) is 119 Å². The van der Waals surface area contributed by atoms with Crippen LogP contribution in [0.15, 0.2) is 0 Å². The highest BCUT2D eigenvalue weighted by Gasteiger charge is 2.22. The first-order valence-corrected chi connectivity index (χ1v) is 41.5. The molecule has 6 unspecified atom stereocenters. The third kappa shape index (κ3) is 65.7. The van der Waals surface area contributed by atoms with Gasteiger partial charge in [0.15, 0.2) is 0 Å². The van der Waals surface area contributed by atoms with Gasteiger partial charge in [-0.3, -0.25) is 33.1 Å². The molecule has 0 saturated carbocycles. The molecule has 0 aromatic carbocycles. The Balaban J connectivity index is 5.33. The maximum Gasteiger partial charge on any atom is 0.319 e. The highest BCUT2D eigenvalue weighted by Crippen LogP contribution is 2.26. The van der Waals surface area contributed by atoms with Gasteiger partial charge in [0, 0.05) is 58.4 Å². The molecule has 0 aromatic rings. The van der Waals surface area contributed by atoms with E-state index in [2.05, 4.69) is 55.9 Å². The Morgan fingerprint density at radius 2 is 0.635 bits per heavy atom. The third-order valence-electron chi connectivity index (χ3n) is 17.6. The summed E-state index contributed by atoms with van der Waals surface area (Å²) in [6, 6.07) is -2.05. The van der Waals surface area contributed by atoms with E-state index < -0.39 is 46.4 Å². The van der Waals surface area contributed by atoms with Crippen LogP contribution in [0.2, 0.25) is 0 Å². The first-order chi connectivity index (χ1) is 46.6. The molecule has 0 aliphatic heterocycles. The van der Waals surface area contributed by atoms with Crippen LogP contribution in [0, 0.1) is 11.8 Å². The predicted molar refractivity (Wildman–Crippen MR) is 391 cm³/mol. The van der Waals surface area contributed by atoms with Gasteiger partial charge < -0.3 is 53.6 Å². The van der Waals surface area contributed by atoms with Crippen LogP contribution in [0.5, 0.6) is 0 Å². The van der Waals surface area contributed by atoms with Gasteiger partial charge in [0.2, 0.25) is 11.8 Å². The molecule has 0 spiro atoms. The predicted octanol–water partition coefficient (Wildman–Crippen LogP) is 18.5. The van der Waals surface area contributed by atoms with Crippen molar-refractivity contribution in [1.29, 1.82) is 0 Å². The lowest BCUT2D eigenvalue weighted by Gasteiger charge is -2.20. The molecule has 0 heterocycles. The maximum absolute atomic E-state index is 13.2.